The Kier molecular flexibility index (Phi) is 4.74. The molecule has 1 atom stereocenters. The van der Waals surface area contributed by atoms with Gasteiger partial charge in [-0.15, -0.1) is 11.3 Å². The van der Waals surface area contributed by atoms with Crippen LogP contribution in [0.3, 0.4) is 0 Å². The van der Waals surface area contributed by atoms with Crippen LogP contribution in [0.1, 0.15) is 19.4 Å². The first-order valence-corrected chi connectivity index (χ1v) is 7.32. The van der Waals surface area contributed by atoms with Crippen LogP contribution in [0.2, 0.25) is 0 Å². The second-order valence-electron chi connectivity index (χ2n) is 4.71. The summed E-state index contributed by atoms with van der Waals surface area (Å²) in [5, 5.41) is 6.19. The van der Waals surface area contributed by atoms with E-state index < -0.39 is 5.97 Å². The first kappa shape index (κ1) is 14.5. The fourth-order valence-electron chi connectivity index (χ4n) is 2.06. The minimum Gasteiger partial charge on any atom is -0.456 e. The molecule has 1 N–H and O–H groups in total. The SMILES string of the molecule is CC(=O)OCC(=O)N[C@H](C)Cc1csc2ccccc12. The van der Waals surface area contributed by atoms with Gasteiger partial charge in [0.2, 0.25) is 0 Å². The number of fused-ring (bicyclic) bond motifs is 1. The zero-order valence-electron chi connectivity index (χ0n) is 11.5. The van der Waals surface area contributed by atoms with Gasteiger partial charge in [0.1, 0.15) is 0 Å². The van der Waals surface area contributed by atoms with Crippen LogP contribution in [0.25, 0.3) is 10.1 Å². The van der Waals surface area contributed by atoms with E-state index in [0.29, 0.717) is 0 Å². The number of carbonyl (C=O) groups is 2. The van der Waals surface area contributed by atoms with E-state index in [4.69, 9.17) is 0 Å². The predicted octanol–water partition coefficient (Wildman–Crippen LogP) is 2.51. The van der Waals surface area contributed by atoms with Crippen LogP contribution in [0.15, 0.2) is 29.6 Å². The van der Waals surface area contributed by atoms with Gasteiger partial charge in [0, 0.05) is 17.7 Å². The minimum atomic E-state index is -0.448. The van der Waals surface area contributed by atoms with Crippen LogP contribution < -0.4 is 5.32 Å². The highest BCUT2D eigenvalue weighted by atomic mass is 32.1. The summed E-state index contributed by atoms with van der Waals surface area (Å²) in [6.45, 7) is 3.01. The summed E-state index contributed by atoms with van der Waals surface area (Å²) in [5.74, 6) is -0.719. The van der Waals surface area contributed by atoms with E-state index in [2.05, 4.69) is 27.6 Å². The van der Waals surface area contributed by atoms with E-state index in [-0.39, 0.29) is 18.6 Å². The Bertz CT molecular complexity index is 620. The van der Waals surface area contributed by atoms with Gasteiger partial charge in [0.25, 0.3) is 5.91 Å². The Morgan fingerprint density at radius 3 is 2.85 bits per heavy atom. The lowest BCUT2D eigenvalue weighted by Crippen LogP contribution is -2.36. The molecule has 1 amide bonds. The largest absolute Gasteiger partial charge is 0.456 e. The average molecular weight is 291 g/mol. The summed E-state index contributed by atoms with van der Waals surface area (Å²) in [5.41, 5.74) is 1.23. The highest BCUT2D eigenvalue weighted by Crippen LogP contribution is 2.26. The topological polar surface area (TPSA) is 55.4 Å². The average Bonchev–Trinajstić information content (AvgIpc) is 2.80. The molecule has 0 saturated carbocycles. The Morgan fingerprint density at radius 1 is 1.35 bits per heavy atom. The Morgan fingerprint density at radius 2 is 2.10 bits per heavy atom. The molecule has 0 unspecified atom stereocenters. The molecule has 1 aromatic carbocycles. The molecule has 5 heteroatoms. The van der Waals surface area contributed by atoms with Crippen molar-refractivity contribution >= 4 is 33.3 Å². The molecule has 0 aliphatic rings. The number of benzene rings is 1. The van der Waals surface area contributed by atoms with Gasteiger partial charge < -0.3 is 10.1 Å². The van der Waals surface area contributed by atoms with Gasteiger partial charge in [-0.05, 0) is 35.7 Å². The molecule has 0 aliphatic heterocycles. The lowest BCUT2D eigenvalue weighted by molar-refractivity contribution is -0.146. The Balaban J connectivity index is 1.92. The standard InChI is InChI=1S/C15H17NO3S/c1-10(16-15(18)8-19-11(2)17)7-12-9-20-14-6-4-3-5-13(12)14/h3-6,9-10H,7-8H2,1-2H3,(H,16,18)/t10-/m1/s1. The number of carbonyl (C=O) groups excluding carboxylic acids is 2. The van der Waals surface area contributed by atoms with Crippen LogP contribution in [-0.4, -0.2) is 24.5 Å². The molecule has 1 heterocycles. The Hall–Kier alpha value is -1.88. The molecule has 0 saturated heterocycles. The number of esters is 1. The highest BCUT2D eigenvalue weighted by molar-refractivity contribution is 7.17. The van der Waals surface area contributed by atoms with Gasteiger partial charge in [0.05, 0.1) is 0 Å². The summed E-state index contributed by atoms with van der Waals surface area (Å²) in [6.07, 6.45) is 0.760. The third kappa shape index (κ3) is 3.81. The fraction of sp³-hybridized carbons (Fsp3) is 0.333. The van der Waals surface area contributed by atoms with E-state index in [9.17, 15) is 9.59 Å². The molecule has 0 bridgehead atoms. The van der Waals surface area contributed by atoms with Crippen LogP contribution in [0.5, 0.6) is 0 Å². The van der Waals surface area contributed by atoms with Crippen molar-refractivity contribution in [2.75, 3.05) is 6.61 Å². The lowest BCUT2D eigenvalue weighted by atomic mass is 10.1. The van der Waals surface area contributed by atoms with Crippen LogP contribution in [0.4, 0.5) is 0 Å². The molecule has 2 rings (SSSR count). The molecule has 4 nitrogen and oxygen atoms in total. The number of amides is 1. The number of hydrogen-bond acceptors (Lipinski definition) is 4. The van der Waals surface area contributed by atoms with Crippen molar-refractivity contribution in [2.45, 2.75) is 26.3 Å². The van der Waals surface area contributed by atoms with Crippen molar-refractivity contribution in [3.63, 3.8) is 0 Å². The van der Waals surface area contributed by atoms with Gasteiger partial charge in [-0.2, -0.15) is 0 Å². The quantitative estimate of drug-likeness (QED) is 0.861. The zero-order chi connectivity index (χ0) is 14.5. The molecular weight excluding hydrogens is 274 g/mol. The van der Waals surface area contributed by atoms with Gasteiger partial charge >= 0.3 is 5.97 Å². The minimum absolute atomic E-state index is 0.00364. The van der Waals surface area contributed by atoms with Crippen LogP contribution >= 0.6 is 11.3 Å². The fourth-order valence-corrected chi connectivity index (χ4v) is 3.03. The van der Waals surface area contributed by atoms with E-state index in [1.165, 1.54) is 22.6 Å². The number of nitrogens with one attached hydrogen (secondary N) is 1. The number of ether oxygens (including phenoxy) is 1. The van der Waals surface area contributed by atoms with E-state index in [1.807, 2.05) is 19.1 Å². The number of hydrogen-bond donors (Lipinski definition) is 1. The lowest BCUT2D eigenvalue weighted by Gasteiger charge is -2.13. The van der Waals surface area contributed by atoms with Gasteiger partial charge in [-0.25, -0.2) is 0 Å². The highest BCUT2D eigenvalue weighted by Gasteiger charge is 2.11. The molecule has 0 radical (unpaired) electrons. The second-order valence-corrected chi connectivity index (χ2v) is 5.62. The zero-order valence-corrected chi connectivity index (χ0v) is 12.3. The normalized spacial score (nSPS) is 12.1. The summed E-state index contributed by atoms with van der Waals surface area (Å²) in [4.78, 5) is 22.2. The van der Waals surface area contributed by atoms with Gasteiger partial charge in [-0.3, -0.25) is 9.59 Å². The third-order valence-corrected chi connectivity index (χ3v) is 3.91. The Labute approximate surface area is 121 Å². The first-order chi connectivity index (χ1) is 9.56. The van der Waals surface area contributed by atoms with Crippen molar-refractivity contribution in [1.29, 1.82) is 0 Å². The smallest absolute Gasteiger partial charge is 0.303 e. The predicted molar refractivity (Wildman–Crippen MR) is 79.8 cm³/mol. The first-order valence-electron chi connectivity index (χ1n) is 6.44. The van der Waals surface area contributed by atoms with E-state index >= 15 is 0 Å². The monoisotopic (exact) mass is 291 g/mol. The van der Waals surface area contributed by atoms with Gasteiger partial charge in [0.15, 0.2) is 6.61 Å². The van der Waals surface area contributed by atoms with Crippen molar-refractivity contribution in [3.05, 3.63) is 35.2 Å². The van der Waals surface area contributed by atoms with Crippen LogP contribution in [-0.2, 0) is 20.7 Å². The maximum absolute atomic E-state index is 11.6. The second kappa shape index (κ2) is 6.52. The molecule has 2 aromatic rings. The summed E-state index contributed by atoms with van der Waals surface area (Å²) >= 11 is 1.71. The molecule has 20 heavy (non-hydrogen) atoms. The maximum atomic E-state index is 11.6. The van der Waals surface area contributed by atoms with Crippen molar-refractivity contribution in [1.82, 2.24) is 5.32 Å². The summed E-state index contributed by atoms with van der Waals surface area (Å²) < 4.78 is 5.91. The molecule has 1 aromatic heterocycles. The third-order valence-electron chi connectivity index (χ3n) is 2.90. The molecular formula is C15H17NO3S. The summed E-state index contributed by atoms with van der Waals surface area (Å²) in [7, 11) is 0. The number of thiophene rings is 1. The summed E-state index contributed by atoms with van der Waals surface area (Å²) in [6, 6.07) is 8.22. The molecule has 0 spiro atoms. The van der Waals surface area contributed by atoms with Crippen molar-refractivity contribution in [3.8, 4) is 0 Å². The maximum Gasteiger partial charge on any atom is 0.303 e. The molecule has 0 aliphatic carbocycles. The van der Waals surface area contributed by atoms with Crippen LogP contribution in [0, 0.1) is 0 Å². The van der Waals surface area contributed by atoms with Gasteiger partial charge in [-0.1, -0.05) is 18.2 Å². The molecule has 106 valence electrons. The van der Waals surface area contributed by atoms with E-state index in [1.54, 1.807) is 11.3 Å². The van der Waals surface area contributed by atoms with Crippen molar-refractivity contribution < 1.29 is 14.3 Å². The van der Waals surface area contributed by atoms with E-state index in [0.717, 1.165) is 6.42 Å². The van der Waals surface area contributed by atoms with Crippen molar-refractivity contribution in [2.24, 2.45) is 0 Å². The molecule has 0 fully saturated rings. The number of rotatable bonds is 5.